The number of ether oxygens (including phenoxy) is 1. The lowest BCUT2D eigenvalue weighted by Crippen LogP contribution is -2.50. The van der Waals surface area contributed by atoms with Crippen LogP contribution in [0.3, 0.4) is 0 Å². The quantitative estimate of drug-likeness (QED) is 0.706. The molecular weight excluding hydrogens is 210 g/mol. The highest BCUT2D eigenvalue weighted by molar-refractivity contribution is 5.76. The van der Waals surface area contributed by atoms with E-state index in [0.29, 0.717) is 32.5 Å². The summed E-state index contributed by atoms with van der Waals surface area (Å²) in [6.07, 6.45) is 2.04. The highest BCUT2D eigenvalue weighted by atomic mass is 16.5. The van der Waals surface area contributed by atoms with E-state index >= 15 is 0 Å². The highest BCUT2D eigenvalue weighted by Crippen LogP contribution is 2.23. The smallest absolute Gasteiger partial charge is 0.326 e. The van der Waals surface area contributed by atoms with E-state index in [-0.39, 0.29) is 12.0 Å². The Morgan fingerprint density at radius 1 is 1.44 bits per heavy atom. The van der Waals surface area contributed by atoms with Gasteiger partial charge in [-0.3, -0.25) is 4.79 Å². The molecule has 1 aliphatic rings. The first-order valence-electron chi connectivity index (χ1n) is 5.61. The zero-order valence-electron chi connectivity index (χ0n) is 9.76. The van der Waals surface area contributed by atoms with Crippen LogP contribution in [0.4, 0.5) is 0 Å². The molecule has 0 aromatic rings. The van der Waals surface area contributed by atoms with E-state index in [4.69, 9.17) is 4.74 Å². The van der Waals surface area contributed by atoms with Crippen molar-refractivity contribution in [1.82, 2.24) is 4.90 Å². The fraction of sp³-hybridized carbons (Fsp3) is 0.818. The van der Waals surface area contributed by atoms with Crippen molar-refractivity contribution in [3.05, 3.63) is 0 Å². The van der Waals surface area contributed by atoms with E-state index in [2.05, 4.69) is 0 Å². The fourth-order valence-electron chi connectivity index (χ4n) is 2.11. The van der Waals surface area contributed by atoms with Gasteiger partial charge in [0.15, 0.2) is 0 Å². The summed E-state index contributed by atoms with van der Waals surface area (Å²) < 4.78 is 5.20. The van der Waals surface area contributed by atoms with Crippen molar-refractivity contribution in [3.63, 3.8) is 0 Å². The number of amides is 1. The molecule has 92 valence electrons. The maximum Gasteiger partial charge on any atom is 0.326 e. The summed E-state index contributed by atoms with van der Waals surface area (Å²) in [6, 6.07) is -0.817. The van der Waals surface area contributed by atoms with Gasteiger partial charge in [0.2, 0.25) is 6.41 Å². The monoisotopic (exact) mass is 229 g/mol. The molecule has 16 heavy (non-hydrogen) atoms. The SMILES string of the molecule is CC(C)N(C=O)C(C(=O)O)C1CCOCC1. The van der Waals surface area contributed by atoms with Gasteiger partial charge in [0.05, 0.1) is 0 Å². The van der Waals surface area contributed by atoms with Crippen molar-refractivity contribution in [2.24, 2.45) is 5.92 Å². The van der Waals surface area contributed by atoms with Crippen molar-refractivity contribution in [2.45, 2.75) is 38.8 Å². The summed E-state index contributed by atoms with van der Waals surface area (Å²) in [7, 11) is 0. The molecule has 1 aliphatic heterocycles. The largest absolute Gasteiger partial charge is 0.480 e. The summed E-state index contributed by atoms with van der Waals surface area (Å²) in [5.41, 5.74) is 0. The minimum absolute atomic E-state index is 0.00106. The van der Waals surface area contributed by atoms with Crippen LogP contribution in [-0.2, 0) is 14.3 Å². The highest BCUT2D eigenvalue weighted by Gasteiger charge is 2.35. The Balaban J connectivity index is 2.79. The van der Waals surface area contributed by atoms with E-state index in [1.807, 2.05) is 13.8 Å². The van der Waals surface area contributed by atoms with Crippen LogP contribution in [0.25, 0.3) is 0 Å². The average Bonchev–Trinajstić information content (AvgIpc) is 2.25. The molecule has 0 saturated carbocycles. The van der Waals surface area contributed by atoms with Gasteiger partial charge >= 0.3 is 5.97 Å². The third-order valence-electron chi connectivity index (χ3n) is 3.00. The Bertz CT molecular complexity index is 248. The molecule has 0 bridgehead atoms. The Kier molecular flexibility index (Phi) is 4.73. The van der Waals surface area contributed by atoms with Crippen LogP contribution < -0.4 is 0 Å². The Hall–Kier alpha value is -1.10. The molecule has 0 radical (unpaired) electrons. The predicted octanol–water partition coefficient (Wildman–Crippen LogP) is 0.733. The van der Waals surface area contributed by atoms with Crippen LogP contribution in [0, 0.1) is 5.92 Å². The fourth-order valence-corrected chi connectivity index (χ4v) is 2.11. The molecule has 0 aliphatic carbocycles. The molecule has 1 saturated heterocycles. The second-order valence-corrected chi connectivity index (χ2v) is 4.38. The zero-order chi connectivity index (χ0) is 12.1. The second kappa shape index (κ2) is 5.84. The zero-order valence-corrected chi connectivity index (χ0v) is 9.76. The van der Waals surface area contributed by atoms with Crippen molar-refractivity contribution in [3.8, 4) is 0 Å². The molecular formula is C11H19NO4. The maximum absolute atomic E-state index is 11.3. The van der Waals surface area contributed by atoms with E-state index in [9.17, 15) is 14.7 Å². The molecule has 0 spiro atoms. The van der Waals surface area contributed by atoms with Gasteiger partial charge in [-0.05, 0) is 32.6 Å². The van der Waals surface area contributed by atoms with Crippen LogP contribution in [0.2, 0.25) is 0 Å². The lowest BCUT2D eigenvalue weighted by molar-refractivity contribution is -0.151. The van der Waals surface area contributed by atoms with Gasteiger partial charge < -0.3 is 14.7 Å². The van der Waals surface area contributed by atoms with Crippen molar-refractivity contribution < 1.29 is 19.4 Å². The number of nitrogens with zero attached hydrogens (tertiary/aromatic N) is 1. The van der Waals surface area contributed by atoms with Crippen LogP contribution >= 0.6 is 0 Å². The maximum atomic E-state index is 11.3. The van der Waals surface area contributed by atoms with Gasteiger partial charge in [-0.25, -0.2) is 4.79 Å². The summed E-state index contributed by atoms with van der Waals surface area (Å²) in [5, 5.41) is 9.23. The van der Waals surface area contributed by atoms with Crippen molar-refractivity contribution in [2.75, 3.05) is 13.2 Å². The molecule has 1 atom stereocenters. The first kappa shape index (κ1) is 13.0. The average molecular weight is 229 g/mol. The van der Waals surface area contributed by atoms with E-state index in [1.54, 1.807) is 0 Å². The normalized spacial score (nSPS) is 19.4. The van der Waals surface area contributed by atoms with Crippen LogP contribution in [0.1, 0.15) is 26.7 Å². The standard InChI is InChI=1S/C11H19NO4/c1-8(2)12(7-13)10(11(14)15)9-3-5-16-6-4-9/h7-10H,3-6H2,1-2H3,(H,14,15). The van der Waals surface area contributed by atoms with Crippen molar-refractivity contribution in [1.29, 1.82) is 0 Å². The minimum Gasteiger partial charge on any atom is -0.480 e. The minimum atomic E-state index is -0.923. The Morgan fingerprint density at radius 2 is 2.00 bits per heavy atom. The van der Waals surface area contributed by atoms with E-state index in [1.165, 1.54) is 4.90 Å². The predicted molar refractivity (Wildman–Crippen MR) is 58.0 cm³/mol. The van der Waals surface area contributed by atoms with Gasteiger partial charge in [-0.15, -0.1) is 0 Å². The van der Waals surface area contributed by atoms with Gasteiger partial charge in [0.1, 0.15) is 6.04 Å². The number of carbonyl (C=O) groups is 2. The molecule has 0 aromatic carbocycles. The molecule has 1 rings (SSSR count). The number of hydrogen-bond donors (Lipinski definition) is 1. The third kappa shape index (κ3) is 2.95. The number of carbonyl (C=O) groups excluding carboxylic acids is 1. The van der Waals surface area contributed by atoms with Crippen LogP contribution in [-0.4, -0.2) is 47.7 Å². The number of hydrogen-bond acceptors (Lipinski definition) is 3. The summed E-state index contributed by atoms with van der Waals surface area (Å²) in [6.45, 7) is 4.81. The van der Waals surface area contributed by atoms with Gasteiger partial charge in [0, 0.05) is 19.3 Å². The third-order valence-corrected chi connectivity index (χ3v) is 3.00. The molecule has 5 nitrogen and oxygen atoms in total. The summed E-state index contributed by atoms with van der Waals surface area (Å²) in [5.74, 6) is -0.924. The van der Waals surface area contributed by atoms with E-state index in [0.717, 1.165) is 0 Å². The molecule has 1 heterocycles. The number of carboxylic acid groups (broad SMARTS) is 1. The molecule has 1 amide bonds. The molecule has 1 fully saturated rings. The van der Waals surface area contributed by atoms with E-state index < -0.39 is 12.0 Å². The number of aliphatic carboxylic acids is 1. The topological polar surface area (TPSA) is 66.8 Å². The van der Waals surface area contributed by atoms with Gasteiger partial charge in [-0.1, -0.05) is 0 Å². The van der Waals surface area contributed by atoms with Crippen LogP contribution in [0.15, 0.2) is 0 Å². The number of rotatable bonds is 5. The van der Waals surface area contributed by atoms with Crippen molar-refractivity contribution >= 4 is 12.4 Å². The molecule has 0 aromatic heterocycles. The van der Waals surface area contributed by atoms with Crippen LogP contribution in [0.5, 0.6) is 0 Å². The lowest BCUT2D eigenvalue weighted by Gasteiger charge is -2.35. The Labute approximate surface area is 95.4 Å². The Morgan fingerprint density at radius 3 is 2.38 bits per heavy atom. The van der Waals surface area contributed by atoms with Gasteiger partial charge in [-0.2, -0.15) is 0 Å². The second-order valence-electron chi connectivity index (χ2n) is 4.38. The molecule has 1 unspecified atom stereocenters. The lowest BCUT2D eigenvalue weighted by atomic mass is 9.90. The molecule has 5 heteroatoms. The number of carboxylic acids is 1. The summed E-state index contributed by atoms with van der Waals surface area (Å²) in [4.78, 5) is 23.6. The van der Waals surface area contributed by atoms with Gasteiger partial charge in [0.25, 0.3) is 0 Å². The first-order chi connectivity index (χ1) is 7.57. The summed E-state index contributed by atoms with van der Waals surface area (Å²) >= 11 is 0. The first-order valence-corrected chi connectivity index (χ1v) is 5.61. The molecule has 1 N–H and O–H groups in total.